The van der Waals surface area contributed by atoms with E-state index in [2.05, 4.69) is 10.3 Å². The van der Waals surface area contributed by atoms with Crippen LogP contribution in [0.5, 0.6) is 0 Å². The molecule has 1 aliphatic rings. The van der Waals surface area contributed by atoms with Crippen molar-refractivity contribution >= 4 is 11.9 Å². The first-order chi connectivity index (χ1) is 11.0. The van der Waals surface area contributed by atoms with Crippen LogP contribution in [0.3, 0.4) is 0 Å². The molecule has 1 N–H and O–H groups in total. The maximum atomic E-state index is 12.3. The van der Waals surface area contributed by atoms with Gasteiger partial charge in [0.05, 0.1) is 12.2 Å². The number of rotatable bonds is 5. The fourth-order valence-corrected chi connectivity index (χ4v) is 2.61. The van der Waals surface area contributed by atoms with Crippen molar-refractivity contribution in [3.63, 3.8) is 0 Å². The molecule has 0 unspecified atom stereocenters. The normalized spacial score (nSPS) is 17.9. The van der Waals surface area contributed by atoms with Gasteiger partial charge in [0, 0.05) is 5.56 Å². The van der Waals surface area contributed by atoms with Crippen LogP contribution >= 0.6 is 0 Å². The smallest absolute Gasteiger partial charge is 0.325 e. The molecule has 23 heavy (non-hydrogen) atoms. The number of imide groups is 1. The Morgan fingerprint density at radius 3 is 2.70 bits per heavy atom. The molecule has 1 saturated heterocycles. The first-order valence-corrected chi connectivity index (χ1v) is 7.66. The van der Waals surface area contributed by atoms with Crippen LogP contribution in [0.4, 0.5) is 4.79 Å². The van der Waals surface area contributed by atoms with Crippen LogP contribution in [0.2, 0.25) is 0 Å². The van der Waals surface area contributed by atoms with Crippen LogP contribution in [0, 0.1) is 5.92 Å². The second kappa shape index (κ2) is 6.24. The highest BCUT2D eigenvalue weighted by Gasteiger charge is 2.38. The second-order valence-corrected chi connectivity index (χ2v) is 6.07. The number of nitrogens with one attached hydrogen (secondary N) is 1. The summed E-state index contributed by atoms with van der Waals surface area (Å²) in [6.07, 6.45) is 2.12. The van der Waals surface area contributed by atoms with Crippen molar-refractivity contribution in [2.24, 2.45) is 5.92 Å². The van der Waals surface area contributed by atoms with Crippen molar-refractivity contribution in [2.75, 3.05) is 0 Å². The van der Waals surface area contributed by atoms with Gasteiger partial charge in [-0.25, -0.2) is 9.78 Å². The van der Waals surface area contributed by atoms with Gasteiger partial charge in [-0.15, -0.1) is 0 Å². The van der Waals surface area contributed by atoms with Crippen molar-refractivity contribution in [2.45, 2.75) is 32.9 Å². The lowest BCUT2D eigenvalue weighted by Gasteiger charge is -2.12. The van der Waals surface area contributed by atoms with E-state index in [0.717, 1.165) is 5.56 Å². The zero-order valence-corrected chi connectivity index (χ0v) is 13.2. The van der Waals surface area contributed by atoms with E-state index in [4.69, 9.17) is 4.42 Å². The van der Waals surface area contributed by atoms with Gasteiger partial charge in [0.1, 0.15) is 12.3 Å². The largest absolute Gasteiger partial charge is 0.444 e. The lowest BCUT2D eigenvalue weighted by atomic mass is 10.0. The number of amides is 3. The van der Waals surface area contributed by atoms with Crippen molar-refractivity contribution in [1.82, 2.24) is 15.2 Å². The van der Waals surface area contributed by atoms with Crippen molar-refractivity contribution in [3.05, 3.63) is 42.3 Å². The number of aromatic nitrogens is 1. The first kappa shape index (κ1) is 15.3. The van der Waals surface area contributed by atoms with Gasteiger partial charge in [0.15, 0.2) is 0 Å². The molecule has 0 spiro atoms. The lowest BCUT2D eigenvalue weighted by molar-refractivity contribution is -0.128. The number of hydrogen-bond acceptors (Lipinski definition) is 4. The van der Waals surface area contributed by atoms with Gasteiger partial charge in [0.25, 0.3) is 5.91 Å². The van der Waals surface area contributed by atoms with Crippen LogP contribution in [0.1, 0.15) is 26.0 Å². The summed E-state index contributed by atoms with van der Waals surface area (Å²) in [6, 6.07) is 8.67. The van der Waals surface area contributed by atoms with Crippen molar-refractivity contribution in [3.8, 4) is 11.5 Å². The molecule has 6 nitrogen and oxygen atoms in total. The predicted octanol–water partition coefficient (Wildman–Crippen LogP) is 2.81. The molecule has 0 saturated carbocycles. The molecule has 0 radical (unpaired) electrons. The van der Waals surface area contributed by atoms with Crippen molar-refractivity contribution < 1.29 is 14.0 Å². The molecule has 1 atom stereocenters. The second-order valence-electron chi connectivity index (χ2n) is 6.07. The summed E-state index contributed by atoms with van der Waals surface area (Å²) in [5, 5.41) is 2.72. The Bertz CT molecular complexity index is 709. The average Bonchev–Trinajstić information content (AvgIpc) is 3.09. The van der Waals surface area contributed by atoms with Gasteiger partial charge < -0.3 is 9.73 Å². The van der Waals surface area contributed by atoms with Gasteiger partial charge in [-0.2, -0.15) is 0 Å². The summed E-state index contributed by atoms with van der Waals surface area (Å²) in [5.41, 5.74) is 1.41. The van der Waals surface area contributed by atoms with Crippen LogP contribution in [0.25, 0.3) is 11.5 Å². The maximum Gasteiger partial charge on any atom is 0.325 e. The first-order valence-electron chi connectivity index (χ1n) is 7.66. The van der Waals surface area contributed by atoms with Crippen LogP contribution < -0.4 is 5.32 Å². The Balaban J connectivity index is 1.71. The monoisotopic (exact) mass is 313 g/mol. The summed E-state index contributed by atoms with van der Waals surface area (Å²) >= 11 is 0. The highest BCUT2D eigenvalue weighted by atomic mass is 16.3. The number of benzene rings is 1. The fraction of sp³-hybridized carbons (Fsp3) is 0.353. The summed E-state index contributed by atoms with van der Waals surface area (Å²) < 4.78 is 5.44. The number of carbonyl (C=O) groups is 2. The summed E-state index contributed by atoms with van der Waals surface area (Å²) in [5.74, 6) is 0.611. The van der Waals surface area contributed by atoms with Crippen LogP contribution in [-0.2, 0) is 11.3 Å². The van der Waals surface area contributed by atoms with Gasteiger partial charge in [-0.1, -0.05) is 32.0 Å². The zero-order chi connectivity index (χ0) is 16.4. The molecule has 0 aliphatic carbocycles. The predicted molar refractivity (Wildman–Crippen MR) is 84.3 cm³/mol. The number of oxazole rings is 1. The fourth-order valence-electron chi connectivity index (χ4n) is 2.61. The van der Waals surface area contributed by atoms with Crippen molar-refractivity contribution in [1.29, 1.82) is 0 Å². The highest BCUT2D eigenvalue weighted by Crippen LogP contribution is 2.21. The number of hydrogen-bond donors (Lipinski definition) is 1. The summed E-state index contributed by atoms with van der Waals surface area (Å²) in [6.45, 7) is 4.16. The Kier molecular flexibility index (Phi) is 4.14. The van der Waals surface area contributed by atoms with E-state index in [9.17, 15) is 9.59 Å². The average molecular weight is 313 g/mol. The minimum absolute atomic E-state index is 0.121. The molecule has 3 amide bonds. The molecule has 120 valence electrons. The van der Waals surface area contributed by atoms with Crippen LogP contribution in [0.15, 0.2) is 41.0 Å². The number of carbonyl (C=O) groups excluding carboxylic acids is 2. The Morgan fingerprint density at radius 1 is 1.26 bits per heavy atom. The van der Waals surface area contributed by atoms with Crippen LogP contribution in [-0.4, -0.2) is 27.9 Å². The molecule has 2 heterocycles. The van der Waals surface area contributed by atoms with E-state index in [1.807, 2.05) is 44.2 Å². The summed E-state index contributed by atoms with van der Waals surface area (Å²) in [4.78, 5) is 29.9. The molecule has 1 aromatic carbocycles. The van der Waals surface area contributed by atoms with E-state index in [-0.39, 0.29) is 18.5 Å². The lowest BCUT2D eigenvalue weighted by Crippen LogP contribution is -2.31. The third-order valence-corrected chi connectivity index (χ3v) is 3.71. The minimum Gasteiger partial charge on any atom is -0.444 e. The topological polar surface area (TPSA) is 75.4 Å². The molecule has 3 rings (SSSR count). The Hall–Kier alpha value is -2.63. The highest BCUT2D eigenvalue weighted by molar-refractivity contribution is 6.04. The number of nitrogens with zero attached hydrogens (tertiary/aromatic N) is 2. The van der Waals surface area contributed by atoms with E-state index in [1.165, 1.54) is 11.2 Å². The van der Waals surface area contributed by atoms with Gasteiger partial charge >= 0.3 is 6.03 Å². The van der Waals surface area contributed by atoms with E-state index < -0.39 is 6.04 Å². The van der Waals surface area contributed by atoms with E-state index >= 15 is 0 Å². The summed E-state index contributed by atoms with van der Waals surface area (Å²) in [7, 11) is 0. The Labute approximate surface area is 134 Å². The maximum absolute atomic E-state index is 12.3. The van der Waals surface area contributed by atoms with Gasteiger partial charge in [-0.3, -0.25) is 9.69 Å². The molecule has 1 fully saturated rings. The Morgan fingerprint density at radius 2 is 2.00 bits per heavy atom. The molecule has 0 bridgehead atoms. The standard InChI is InChI=1S/C17H19N3O3/c1-11(2)8-14-16(21)20(17(22)19-14)9-13-10-23-15(18-13)12-6-4-3-5-7-12/h3-7,10-11,14H,8-9H2,1-2H3,(H,19,22)/t14-/m0/s1. The number of urea groups is 1. The molecule has 1 aliphatic heterocycles. The van der Waals surface area contributed by atoms with E-state index in [1.54, 1.807) is 0 Å². The zero-order valence-electron chi connectivity index (χ0n) is 13.2. The van der Waals surface area contributed by atoms with Gasteiger partial charge in [-0.05, 0) is 24.5 Å². The SMILES string of the molecule is CC(C)C[C@@H]1NC(=O)N(Cc2coc(-c3ccccc3)n2)C1=O. The third kappa shape index (κ3) is 3.26. The minimum atomic E-state index is -0.442. The van der Waals surface area contributed by atoms with Gasteiger partial charge in [0.2, 0.25) is 5.89 Å². The molecule has 2 aromatic rings. The third-order valence-electron chi connectivity index (χ3n) is 3.71. The molecular formula is C17H19N3O3. The molecule has 6 heteroatoms. The molecular weight excluding hydrogens is 294 g/mol. The van der Waals surface area contributed by atoms with E-state index in [0.29, 0.717) is 23.9 Å². The molecule has 1 aromatic heterocycles. The quantitative estimate of drug-likeness (QED) is 0.861.